The van der Waals surface area contributed by atoms with E-state index in [1.54, 1.807) is 0 Å². The van der Waals surface area contributed by atoms with Gasteiger partial charge in [0, 0.05) is 47.3 Å². The molecule has 9 aromatic rings. The molecule has 39 heavy (non-hydrogen) atoms. The number of para-hydroxylation sites is 4. The summed E-state index contributed by atoms with van der Waals surface area (Å²) in [6, 6.07) is 45.8. The third-order valence-electron chi connectivity index (χ3n) is 8.01. The lowest BCUT2D eigenvalue weighted by Gasteiger charge is -2.10. The number of hydrogen-bond acceptors (Lipinski definition) is 2. The Labute approximate surface area is 227 Å². The summed E-state index contributed by atoms with van der Waals surface area (Å²) in [5, 5.41) is 7.44. The Hall–Kier alpha value is -4.86. The van der Waals surface area contributed by atoms with Gasteiger partial charge in [-0.15, -0.1) is 11.3 Å². The lowest BCUT2D eigenvalue weighted by atomic mass is 10.00. The molecule has 3 heterocycles. The zero-order valence-electron chi connectivity index (χ0n) is 20.9. The second-order valence-corrected chi connectivity index (χ2v) is 11.2. The molecule has 0 aliphatic rings. The van der Waals surface area contributed by atoms with Crippen molar-refractivity contribution in [2.75, 3.05) is 0 Å². The number of furan rings is 1. The van der Waals surface area contributed by atoms with Gasteiger partial charge in [-0.1, -0.05) is 84.9 Å². The van der Waals surface area contributed by atoms with Crippen LogP contribution in [-0.2, 0) is 0 Å². The van der Waals surface area contributed by atoms with Gasteiger partial charge in [-0.3, -0.25) is 0 Å². The molecule has 0 amide bonds. The van der Waals surface area contributed by atoms with Crippen molar-refractivity contribution in [2.24, 2.45) is 0 Å². The molecule has 3 heteroatoms. The number of aromatic nitrogens is 1. The fourth-order valence-corrected chi connectivity index (χ4v) is 7.43. The normalized spacial score (nSPS) is 12.1. The molecule has 0 unspecified atom stereocenters. The summed E-state index contributed by atoms with van der Waals surface area (Å²) in [7, 11) is 0. The standard InChI is InChI=1S/C36H21NOS/c1-4-14-29-24(9-1)25-10-2-5-15-30(25)37(29)31-16-8-18-34-35(31)28-21-22(19-20-33(28)39-34)23-12-7-13-27-26-11-3-6-17-32(26)38-36(23)27/h1-21H. The van der Waals surface area contributed by atoms with Gasteiger partial charge < -0.3 is 8.98 Å². The fraction of sp³-hybridized carbons (Fsp3) is 0. The molecule has 0 aliphatic carbocycles. The van der Waals surface area contributed by atoms with Crippen LogP contribution in [0.2, 0.25) is 0 Å². The third-order valence-corrected chi connectivity index (χ3v) is 9.15. The van der Waals surface area contributed by atoms with Crippen LogP contribution < -0.4 is 0 Å². The summed E-state index contributed by atoms with van der Waals surface area (Å²) >= 11 is 1.86. The first-order valence-electron chi connectivity index (χ1n) is 13.2. The van der Waals surface area contributed by atoms with Crippen LogP contribution in [0.1, 0.15) is 0 Å². The zero-order valence-corrected chi connectivity index (χ0v) is 21.7. The highest BCUT2D eigenvalue weighted by atomic mass is 32.1. The first-order valence-corrected chi connectivity index (χ1v) is 14.0. The van der Waals surface area contributed by atoms with Crippen LogP contribution in [0.4, 0.5) is 0 Å². The SMILES string of the molecule is c1ccc2c(c1)oc1c(-c3ccc4sc5cccc(-n6c7ccccc7c7ccccc76)c5c4c3)cccc12. The summed E-state index contributed by atoms with van der Waals surface area (Å²) in [5.74, 6) is 0. The van der Waals surface area contributed by atoms with E-state index in [0.29, 0.717) is 0 Å². The van der Waals surface area contributed by atoms with E-state index in [1.165, 1.54) is 53.2 Å². The predicted molar refractivity (Wildman–Crippen MR) is 166 cm³/mol. The molecular formula is C36H21NOS. The van der Waals surface area contributed by atoms with Crippen LogP contribution in [0, 0.1) is 0 Å². The molecule has 182 valence electrons. The maximum Gasteiger partial charge on any atom is 0.143 e. The summed E-state index contributed by atoms with van der Waals surface area (Å²) in [4.78, 5) is 0. The number of nitrogens with zero attached hydrogens (tertiary/aromatic N) is 1. The highest BCUT2D eigenvalue weighted by molar-refractivity contribution is 7.25. The average molecular weight is 516 g/mol. The van der Waals surface area contributed by atoms with Gasteiger partial charge in [-0.2, -0.15) is 0 Å². The second kappa shape index (κ2) is 7.83. The number of fused-ring (bicyclic) bond motifs is 9. The zero-order chi connectivity index (χ0) is 25.5. The molecular weight excluding hydrogens is 494 g/mol. The Morgan fingerprint density at radius 1 is 0.513 bits per heavy atom. The summed E-state index contributed by atoms with van der Waals surface area (Å²) < 4.78 is 11.4. The van der Waals surface area contributed by atoms with Gasteiger partial charge in [0.05, 0.1) is 16.7 Å². The summed E-state index contributed by atoms with van der Waals surface area (Å²) in [6.45, 7) is 0. The molecule has 0 aliphatic heterocycles. The van der Waals surface area contributed by atoms with E-state index in [2.05, 4.69) is 120 Å². The third kappa shape index (κ3) is 2.91. The predicted octanol–water partition coefficient (Wildman–Crippen LogP) is 10.7. The summed E-state index contributed by atoms with van der Waals surface area (Å²) in [6.07, 6.45) is 0. The largest absolute Gasteiger partial charge is 0.455 e. The van der Waals surface area contributed by atoms with Crippen molar-refractivity contribution in [2.45, 2.75) is 0 Å². The molecule has 0 N–H and O–H groups in total. The van der Waals surface area contributed by atoms with Crippen molar-refractivity contribution < 1.29 is 4.42 Å². The number of rotatable bonds is 2. The molecule has 6 aromatic carbocycles. The average Bonchev–Trinajstić information content (AvgIpc) is 3.66. The van der Waals surface area contributed by atoms with Crippen molar-refractivity contribution >= 4 is 75.3 Å². The van der Waals surface area contributed by atoms with E-state index in [1.807, 2.05) is 23.5 Å². The van der Waals surface area contributed by atoms with E-state index in [0.717, 1.165) is 27.5 Å². The molecule has 0 spiro atoms. The van der Waals surface area contributed by atoms with Crippen LogP contribution in [0.3, 0.4) is 0 Å². The highest BCUT2D eigenvalue weighted by Crippen LogP contribution is 2.43. The Balaban J connectivity index is 1.36. The van der Waals surface area contributed by atoms with Gasteiger partial charge in [0.15, 0.2) is 0 Å². The van der Waals surface area contributed by atoms with Gasteiger partial charge in [0.1, 0.15) is 11.2 Å². The van der Waals surface area contributed by atoms with Gasteiger partial charge in [-0.25, -0.2) is 0 Å². The van der Waals surface area contributed by atoms with Crippen molar-refractivity contribution in [3.8, 4) is 16.8 Å². The molecule has 0 saturated heterocycles. The van der Waals surface area contributed by atoms with Crippen LogP contribution >= 0.6 is 11.3 Å². The number of hydrogen-bond donors (Lipinski definition) is 0. The fourth-order valence-electron chi connectivity index (χ4n) is 6.32. The molecule has 3 aromatic heterocycles. The quantitative estimate of drug-likeness (QED) is 0.224. The number of thiophene rings is 1. The molecule has 9 rings (SSSR count). The van der Waals surface area contributed by atoms with E-state index in [4.69, 9.17) is 4.42 Å². The van der Waals surface area contributed by atoms with Crippen molar-refractivity contribution in [3.05, 3.63) is 127 Å². The highest BCUT2D eigenvalue weighted by Gasteiger charge is 2.18. The lowest BCUT2D eigenvalue weighted by molar-refractivity contribution is 0.670. The van der Waals surface area contributed by atoms with Crippen molar-refractivity contribution in [1.82, 2.24) is 4.57 Å². The smallest absolute Gasteiger partial charge is 0.143 e. The van der Waals surface area contributed by atoms with E-state index in [9.17, 15) is 0 Å². The summed E-state index contributed by atoms with van der Waals surface area (Å²) in [5.41, 5.74) is 7.84. The Morgan fingerprint density at radius 2 is 1.21 bits per heavy atom. The minimum atomic E-state index is 0.927. The molecule has 0 bridgehead atoms. The van der Waals surface area contributed by atoms with Gasteiger partial charge >= 0.3 is 0 Å². The van der Waals surface area contributed by atoms with Crippen LogP contribution in [0.15, 0.2) is 132 Å². The molecule has 0 saturated carbocycles. The van der Waals surface area contributed by atoms with Crippen LogP contribution in [0.5, 0.6) is 0 Å². The minimum absolute atomic E-state index is 0.927. The van der Waals surface area contributed by atoms with Gasteiger partial charge in [-0.05, 0) is 48.0 Å². The van der Waals surface area contributed by atoms with Crippen molar-refractivity contribution in [3.63, 3.8) is 0 Å². The Morgan fingerprint density at radius 3 is 2.03 bits per heavy atom. The Bertz CT molecular complexity index is 2350. The van der Waals surface area contributed by atoms with Crippen LogP contribution in [0.25, 0.3) is 80.7 Å². The Kier molecular flexibility index (Phi) is 4.24. The van der Waals surface area contributed by atoms with Crippen LogP contribution in [-0.4, -0.2) is 4.57 Å². The monoisotopic (exact) mass is 515 g/mol. The van der Waals surface area contributed by atoms with E-state index in [-0.39, 0.29) is 0 Å². The first-order chi connectivity index (χ1) is 19.3. The van der Waals surface area contributed by atoms with E-state index >= 15 is 0 Å². The molecule has 0 fully saturated rings. The maximum atomic E-state index is 6.40. The maximum absolute atomic E-state index is 6.40. The van der Waals surface area contributed by atoms with Crippen molar-refractivity contribution in [1.29, 1.82) is 0 Å². The molecule has 0 atom stereocenters. The minimum Gasteiger partial charge on any atom is -0.455 e. The molecule has 0 radical (unpaired) electrons. The molecule has 2 nitrogen and oxygen atoms in total. The van der Waals surface area contributed by atoms with Gasteiger partial charge in [0.2, 0.25) is 0 Å². The first kappa shape index (κ1) is 21.1. The lowest BCUT2D eigenvalue weighted by Crippen LogP contribution is -1.94. The van der Waals surface area contributed by atoms with Gasteiger partial charge in [0.25, 0.3) is 0 Å². The number of benzene rings is 6. The van der Waals surface area contributed by atoms with E-state index < -0.39 is 0 Å². The topological polar surface area (TPSA) is 18.1 Å². The second-order valence-electron chi connectivity index (χ2n) is 10.1.